The number of halogens is 1. The molecule has 1 aliphatic rings. The maximum Gasteiger partial charge on any atom is 0.0270 e. The molecule has 0 bridgehead atoms. The van der Waals surface area contributed by atoms with Gasteiger partial charge in [0.05, 0.1) is 0 Å². The highest BCUT2D eigenvalue weighted by Gasteiger charge is 2.43. The maximum atomic E-state index is 4.02. The molecule has 0 spiro atoms. The lowest BCUT2D eigenvalue weighted by Gasteiger charge is -2.16. The number of aromatic nitrogens is 1. The third kappa shape index (κ3) is 2.11. The van der Waals surface area contributed by atoms with Gasteiger partial charge in [-0.3, -0.25) is 4.98 Å². The molecule has 1 aliphatic carbocycles. The van der Waals surface area contributed by atoms with E-state index in [-0.39, 0.29) is 0 Å². The first kappa shape index (κ1) is 9.20. The molecule has 1 atom stereocenters. The molecule has 0 aliphatic heterocycles. The van der Waals surface area contributed by atoms with Crippen LogP contribution >= 0.6 is 15.9 Å². The number of pyridine rings is 1. The summed E-state index contributed by atoms with van der Waals surface area (Å²) in [5.41, 5.74) is 1.94. The molecule has 0 saturated heterocycles. The van der Waals surface area contributed by atoms with Gasteiger partial charge >= 0.3 is 0 Å². The summed E-state index contributed by atoms with van der Waals surface area (Å²) in [5, 5.41) is 0. The van der Waals surface area contributed by atoms with Crippen molar-refractivity contribution in [3.63, 3.8) is 0 Å². The Hall–Kier alpha value is -0.370. The summed E-state index contributed by atoms with van der Waals surface area (Å²) >= 11 is 3.78. The van der Waals surface area contributed by atoms with Gasteiger partial charge in [-0.15, -0.1) is 0 Å². The predicted molar refractivity (Wildman–Crippen MR) is 58.0 cm³/mol. The van der Waals surface area contributed by atoms with Crippen molar-refractivity contribution in [2.24, 2.45) is 5.41 Å². The zero-order valence-electron chi connectivity index (χ0n) is 7.83. The third-order valence-corrected chi connectivity index (χ3v) is 4.39. The first-order valence-corrected chi connectivity index (χ1v) is 5.65. The van der Waals surface area contributed by atoms with Gasteiger partial charge in [0.2, 0.25) is 0 Å². The third-order valence-electron chi connectivity index (χ3n) is 2.96. The molecule has 70 valence electrons. The number of alkyl halides is 1. The summed E-state index contributed by atoms with van der Waals surface area (Å²) in [6.45, 7) is 2.35. The highest BCUT2D eigenvalue weighted by molar-refractivity contribution is 9.09. The molecule has 1 unspecified atom stereocenters. The van der Waals surface area contributed by atoms with Crippen molar-refractivity contribution in [1.82, 2.24) is 4.98 Å². The van der Waals surface area contributed by atoms with Gasteiger partial charge in [0.25, 0.3) is 0 Å². The van der Waals surface area contributed by atoms with E-state index in [9.17, 15) is 0 Å². The van der Waals surface area contributed by atoms with Gasteiger partial charge in [-0.1, -0.05) is 22.9 Å². The van der Waals surface area contributed by atoms with Crippen LogP contribution in [0.1, 0.15) is 25.3 Å². The molecular weight excluding hydrogens is 226 g/mol. The van der Waals surface area contributed by atoms with Gasteiger partial charge < -0.3 is 0 Å². The summed E-state index contributed by atoms with van der Waals surface area (Å²) in [7, 11) is 0. The molecule has 1 nitrogen and oxygen atoms in total. The summed E-state index contributed by atoms with van der Waals surface area (Å²) in [4.78, 5) is 4.64. The minimum atomic E-state index is 0.559. The summed E-state index contributed by atoms with van der Waals surface area (Å²) in [6, 6.07) is 4.19. The van der Waals surface area contributed by atoms with E-state index < -0.39 is 0 Å². The van der Waals surface area contributed by atoms with Gasteiger partial charge in [-0.25, -0.2) is 0 Å². The van der Waals surface area contributed by atoms with Gasteiger partial charge in [0, 0.05) is 17.2 Å². The minimum absolute atomic E-state index is 0.559. The Kier molecular flexibility index (Phi) is 2.41. The molecule has 0 amide bonds. The lowest BCUT2D eigenvalue weighted by atomic mass is 9.99. The van der Waals surface area contributed by atoms with Crippen molar-refractivity contribution in [1.29, 1.82) is 0 Å². The monoisotopic (exact) mass is 239 g/mol. The minimum Gasteiger partial charge on any atom is -0.265 e. The fourth-order valence-electron chi connectivity index (χ4n) is 1.48. The highest BCUT2D eigenvalue weighted by Crippen LogP contribution is 2.51. The van der Waals surface area contributed by atoms with Crippen molar-refractivity contribution in [2.75, 3.05) is 0 Å². The van der Waals surface area contributed by atoms with Crippen LogP contribution in [0.3, 0.4) is 0 Å². The number of hydrogen-bond donors (Lipinski definition) is 0. The van der Waals surface area contributed by atoms with Crippen LogP contribution < -0.4 is 0 Å². The molecule has 0 radical (unpaired) electrons. The fraction of sp³-hybridized carbons (Fsp3) is 0.545. The van der Waals surface area contributed by atoms with E-state index >= 15 is 0 Å². The second kappa shape index (κ2) is 3.41. The van der Waals surface area contributed by atoms with E-state index in [1.165, 1.54) is 18.4 Å². The SMILES string of the molecule is CC1(C(Br)Cc2ccncc2)CC1. The van der Waals surface area contributed by atoms with E-state index in [0.717, 1.165) is 6.42 Å². The van der Waals surface area contributed by atoms with E-state index in [0.29, 0.717) is 10.2 Å². The molecule has 1 heterocycles. The first-order valence-electron chi connectivity index (χ1n) is 4.74. The lowest BCUT2D eigenvalue weighted by molar-refractivity contribution is 0.543. The quantitative estimate of drug-likeness (QED) is 0.739. The predicted octanol–water partition coefficient (Wildman–Crippen LogP) is 3.19. The standard InChI is InChI=1S/C11H14BrN/c1-11(4-5-11)10(12)8-9-2-6-13-7-3-9/h2-3,6-7,10H,4-5,8H2,1H3. The Bertz CT molecular complexity index is 279. The van der Waals surface area contributed by atoms with E-state index in [1.807, 2.05) is 12.4 Å². The number of rotatable bonds is 3. The zero-order valence-corrected chi connectivity index (χ0v) is 9.42. The van der Waals surface area contributed by atoms with Crippen molar-refractivity contribution >= 4 is 15.9 Å². The highest BCUT2D eigenvalue weighted by atomic mass is 79.9. The van der Waals surface area contributed by atoms with Crippen LogP contribution in [-0.2, 0) is 6.42 Å². The van der Waals surface area contributed by atoms with Crippen molar-refractivity contribution in [3.05, 3.63) is 30.1 Å². The van der Waals surface area contributed by atoms with Gasteiger partial charge in [0.15, 0.2) is 0 Å². The molecule has 13 heavy (non-hydrogen) atoms. The molecular formula is C11H14BrN. The van der Waals surface area contributed by atoms with Crippen LogP contribution in [0, 0.1) is 5.41 Å². The molecule has 0 aromatic carbocycles. The molecule has 1 fully saturated rings. The van der Waals surface area contributed by atoms with Gasteiger partial charge in [-0.2, -0.15) is 0 Å². The Morgan fingerprint density at radius 1 is 1.46 bits per heavy atom. The Morgan fingerprint density at radius 3 is 2.62 bits per heavy atom. The Labute approximate surface area is 87.7 Å². The van der Waals surface area contributed by atoms with E-state index in [2.05, 4.69) is 40.0 Å². The van der Waals surface area contributed by atoms with Crippen molar-refractivity contribution in [2.45, 2.75) is 31.0 Å². The number of hydrogen-bond acceptors (Lipinski definition) is 1. The average Bonchev–Trinajstić information content (AvgIpc) is 2.87. The second-order valence-electron chi connectivity index (χ2n) is 4.18. The molecule has 1 aromatic heterocycles. The largest absolute Gasteiger partial charge is 0.265 e. The molecule has 0 N–H and O–H groups in total. The van der Waals surface area contributed by atoms with Crippen molar-refractivity contribution in [3.8, 4) is 0 Å². The van der Waals surface area contributed by atoms with Gasteiger partial charge in [-0.05, 0) is 42.4 Å². The Morgan fingerprint density at radius 2 is 2.08 bits per heavy atom. The van der Waals surface area contributed by atoms with Gasteiger partial charge in [0.1, 0.15) is 0 Å². The number of nitrogens with zero attached hydrogens (tertiary/aromatic N) is 1. The first-order chi connectivity index (χ1) is 6.21. The van der Waals surface area contributed by atoms with Crippen molar-refractivity contribution < 1.29 is 0 Å². The van der Waals surface area contributed by atoms with E-state index in [1.54, 1.807) is 0 Å². The smallest absolute Gasteiger partial charge is 0.0270 e. The molecule has 1 saturated carbocycles. The van der Waals surface area contributed by atoms with E-state index in [4.69, 9.17) is 0 Å². The summed E-state index contributed by atoms with van der Waals surface area (Å²) in [5.74, 6) is 0. The molecule has 2 rings (SSSR count). The van der Waals surface area contributed by atoms with Crippen LogP contribution in [0.25, 0.3) is 0 Å². The zero-order chi connectivity index (χ0) is 9.31. The topological polar surface area (TPSA) is 12.9 Å². The average molecular weight is 240 g/mol. The van der Waals surface area contributed by atoms with Crippen LogP contribution in [0.15, 0.2) is 24.5 Å². The second-order valence-corrected chi connectivity index (χ2v) is 5.29. The lowest BCUT2D eigenvalue weighted by Crippen LogP contribution is -2.14. The van der Waals surface area contributed by atoms with Crippen LogP contribution in [0.5, 0.6) is 0 Å². The van der Waals surface area contributed by atoms with Crippen LogP contribution in [0.4, 0.5) is 0 Å². The summed E-state index contributed by atoms with van der Waals surface area (Å²) < 4.78 is 0. The molecule has 2 heteroatoms. The maximum absolute atomic E-state index is 4.02. The Balaban J connectivity index is 1.98. The van der Waals surface area contributed by atoms with Crippen LogP contribution in [-0.4, -0.2) is 9.81 Å². The molecule has 1 aromatic rings. The summed E-state index contributed by atoms with van der Waals surface area (Å²) in [6.07, 6.45) is 7.59. The van der Waals surface area contributed by atoms with Crippen LogP contribution in [0.2, 0.25) is 0 Å². The normalized spacial score (nSPS) is 21.1. The fourth-order valence-corrected chi connectivity index (χ4v) is 2.31.